The monoisotopic (exact) mass is 257 g/mol. The predicted octanol–water partition coefficient (Wildman–Crippen LogP) is 3.96. The highest BCUT2D eigenvalue weighted by Crippen LogP contribution is 2.36. The van der Waals surface area contributed by atoms with Gasteiger partial charge >= 0.3 is 0 Å². The lowest BCUT2D eigenvalue weighted by Gasteiger charge is -2.04. The molecule has 0 bridgehead atoms. The van der Waals surface area contributed by atoms with Gasteiger partial charge in [-0.3, -0.25) is 4.79 Å². The quantitative estimate of drug-likeness (QED) is 0.516. The molecule has 0 amide bonds. The molecular formula is C18H11NO. The Morgan fingerprint density at radius 1 is 0.650 bits per heavy atom. The van der Waals surface area contributed by atoms with Gasteiger partial charge in [-0.25, -0.2) is 4.98 Å². The minimum Gasteiger partial charge on any atom is -0.289 e. The molecular weight excluding hydrogens is 246 g/mol. The SMILES string of the molecule is O=C1c2ccccc2-c2nc(-c3ccccc3)ccc21. The maximum atomic E-state index is 12.3. The molecule has 0 spiro atoms. The molecule has 0 saturated heterocycles. The van der Waals surface area contributed by atoms with Gasteiger partial charge in [0.05, 0.1) is 11.4 Å². The minimum absolute atomic E-state index is 0.0720. The highest BCUT2D eigenvalue weighted by molar-refractivity contribution is 6.21. The molecule has 2 nitrogen and oxygen atoms in total. The van der Waals surface area contributed by atoms with E-state index in [2.05, 4.69) is 0 Å². The summed E-state index contributed by atoms with van der Waals surface area (Å²) in [6.45, 7) is 0. The van der Waals surface area contributed by atoms with E-state index in [0.717, 1.165) is 28.1 Å². The van der Waals surface area contributed by atoms with Crippen LogP contribution in [0.3, 0.4) is 0 Å². The average molecular weight is 257 g/mol. The van der Waals surface area contributed by atoms with E-state index in [1.165, 1.54) is 0 Å². The fourth-order valence-corrected chi connectivity index (χ4v) is 2.65. The number of carbonyl (C=O) groups excluding carboxylic acids is 1. The van der Waals surface area contributed by atoms with Gasteiger partial charge in [0.15, 0.2) is 5.78 Å². The van der Waals surface area contributed by atoms with Crippen LogP contribution in [0.1, 0.15) is 15.9 Å². The van der Waals surface area contributed by atoms with Gasteiger partial charge in [0, 0.05) is 22.3 Å². The minimum atomic E-state index is 0.0720. The zero-order chi connectivity index (χ0) is 13.5. The molecule has 2 aromatic carbocycles. The summed E-state index contributed by atoms with van der Waals surface area (Å²) in [5, 5.41) is 0. The number of nitrogens with zero attached hydrogens (tertiary/aromatic N) is 1. The number of fused-ring (bicyclic) bond motifs is 3. The van der Waals surface area contributed by atoms with E-state index in [0.29, 0.717) is 5.56 Å². The van der Waals surface area contributed by atoms with Crippen LogP contribution in [0.2, 0.25) is 0 Å². The molecule has 1 heterocycles. The van der Waals surface area contributed by atoms with Crippen molar-refractivity contribution in [1.29, 1.82) is 0 Å². The molecule has 0 N–H and O–H groups in total. The normalized spacial score (nSPS) is 12.1. The largest absolute Gasteiger partial charge is 0.289 e. The summed E-state index contributed by atoms with van der Waals surface area (Å²) in [7, 11) is 0. The van der Waals surface area contributed by atoms with Crippen LogP contribution in [0.25, 0.3) is 22.5 Å². The Bertz CT molecular complexity index is 822. The number of aromatic nitrogens is 1. The van der Waals surface area contributed by atoms with Crippen molar-refractivity contribution >= 4 is 5.78 Å². The van der Waals surface area contributed by atoms with E-state index in [1.807, 2.05) is 66.7 Å². The number of pyridine rings is 1. The van der Waals surface area contributed by atoms with Crippen molar-refractivity contribution in [2.45, 2.75) is 0 Å². The van der Waals surface area contributed by atoms with Crippen molar-refractivity contribution in [3.05, 3.63) is 77.9 Å². The van der Waals surface area contributed by atoms with Crippen molar-refractivity contribution in [3.63, 3.8) is 0 Å². The number of benzene rings is 2. The smallest absolute Gasteiger partial charge is 0.195 e. The second kappa shape index (κ2) is 4.14. The summed E-state index contributed by atoms with van der Waals surface area (Å²) < 4.78 is 0. The summed E-state index contributed by atoms with van der Waals surface area (Å²) in [5.41, 5.74) is 5.14. The highest BCUT2D eigenvalue weighted by Gasteiger charge is 2.27. The van der Waals surface area contributed by atoms with E-state index >= 15 is 0 Å². The van der Waals surface area contributed by atoms with Crippen molar-refractivity contribution in [3.8, 4) is 22.5 Å². The second-order valence-corrected chi connectivity index (χ2v) is 4.83. The van der Waals surface area contributed by atoms with Crippen LogP contribution in [0.4, 0.5) is 0 Å². The van der Waals surface area contributed by atoms with Gasteiger partial charge in [0.1, 0.15) is 0 Å². The highest BCUT2D eigenvalue weighted by atomic mass is 16.1. The lowest BCUT2D eigenvalue weighted by Crippen LogP contribution is -1.95. The maximum absolute atomic E-state index is 12.3. The summed E-state index contributed by atoms with van der Waals surface area (Å²) in [4.78, 5) is 17.0. The molecule has 0 unspecified atom stereocenters. The van der Waals surface area contributed by atoms with Crippen molar-refractivity contribution in [2.24, 2.45) is 0 Å². The Hall–Kier alpha value is -2.74. The molecule has 0 fully saturated rings. The molecule has 2 heteroatoms. The lowest BCUT2D eigenvalue weighted by molar-refractivity contribution is 0.104. The fraction of sp³-hybridized carbons (Fsp3) is 0. The molecule has 1 aliphatic rings. The van der Waals surface area contributed by atoms with Gasteiger partial charge in [-0.1, -0.05) is 54.6 Å². The summed E-state index contributed by atoms with van der Waals surface area (Å²) in [6, 6.07) is 21.5. The van der Waals surface area contributed by atoms with Gasteiger partial charge in [-0.15, -0.1) is 0 Å². The first-order chi connectivity index (χ1) is 9.84. The van der Waals surface area contributed by atoms with Crippen LogP contribution in [0, 0.1) is 0 Å². The number of carbonyl (C=O) groups is 1. The van der Waals surface area contributed by atoms with Crippen LogP contribution in [0.15, 0.2) is 66.7 Å². The fourth-order valence-electron chi connectivity index (χ4n) is 2.65. The Kier molecular flexibility index (Phi) is 2.30. The van der Waals surface area contributed by atoms with Gasteiger partial charge in [-0.05, 0) is 12.1 Å². The predicted molar refractivity (Wildman–Crippen MR) is 78.5 cm³/mol. The zero-order valence-electron chi connectivity index (χ0n) is 10.7. The van der Waals surface area contributed by atoms with Gasteiger partial charge < -0.3 is 0 Å². The van der Waals surface area contributed by atoms with Crippen molar-refractivity contribution < 1.29 is 4.79 Å². The molecule has 0 radical (unpaired) electrons. The number of hydrogen-bond donors (Lipinski definition) is 0. The molecule has 1 aromatic heterocycles. The third kappa shape index (κ3) is 1.51. The van der Waals surface area contributed by atoms with E-state index in [1.54, 1.807) is 0 Å². The molecule has 0 aliphatic heterocycles. The van der Waals surface area contributed by atoms with Gasteiger partial charge in [0.25, 0.3) is 0 Å². The molecule has 94 valence electrons. The summed E-state index contributed by atoms with van der Waals surface area (Å²) >= 11 is 0. The third-order valence-electron chi connectivity index (χ3n) is 3.64. The first-order valence-corrected chi connectivity index (χ1v) is 6.55. The maximum Gasteiger partial charge on any atom is 0.195 e. The Morgan fingerprint density at radius 2 is 1.35 bits per heavy atom. The molecule has 3 aromatic rings. The average Bonchev–Trinajstić information content (AvgIpc) is 2.81. The summed E-state index contributed by atoms with van der Waals surface area (Å²) in [5.74, 6) is 0.0720. The number of rotatable bonds is 1. The van der Waals surface area contributed by atoms with Crippen LogP contribution < -0.4 is 0 Å². The van der Waals surface area contributed by atoms with E-state index in [-0.39, 0.29) is 5.78 Å². The molecule has 0 atom stereocenters. The Labute approximate surface area is 116 Å². The second-order valence-electron chi connectivity index (χ2n) is 4.83. The van der Waals surface area contributed by atoms with Crippen molar-refractivity contribution in [2.75, 3.05) is 0 Å². The van der Waals surface area contributed by atoms with Gasteiger partial charge in [-0.2, -0.15) is 0 Å². The number of ketones is 1. The van der Waals surface area contributed by atoms with E-state index < -0.39 is 0 Å². The molecule has 20 heavy (non-hydrogen) atoms. The molecule has 4 rings (SSSR count). The zero-order valence-corrected chi connectivity index (χ0v) is 10.7. The first-order valence-electron chi connectivity index (χ1n) is 6.55. The Morgan fingerprint density at radius 3 is 2.15 bits per heavy atom. The van der Waals surface area contributed by atoms with Crippen LogP contribution >= 0.6 is 0 Å². The Balaban J connectivity index is 1.94. The van der Waals surface area contributed by atoms with Crippen LogP contribution in [-0.2, 0) is 0 Å². The standard InChI is InChI=1S/C18H11NO/c20-18-14-9-5-4-8-13(14)17-15(18)10-11-16(19-17)12-6-2-1-3-7-12/h1-11H. The number of hydrogen-bond acceptors (Lipinski definition) is 2. The van der Waals surface area contributed by atoms with Crippen LogP contribution in [0.5, 0.6) is 0 Å². The van der Waals surface area contributed by atoms with Gasteiger partial charge in [0.2, 0.25) is 0 Å². The summed E-state index contributed by atoms with van der Waals surface area (Å²) in [6.07, 6.45) is 0. The van der Waals surface area contributed by atoms with Crippen LogP contribution in [-0.4, -0.2) is 10.8 Å². The topological polar surface area (TPSA) is 30.0 Å². The third-order valence-corrected chi connectivity index (χ3v) is 3.64. The first kappa shape index (κ1) is 11.1. The van der Waals surface area contributed by atoms with E-state index in [9.17, 15) is 4.79 Å². The van der Waals surface area contributed by atoms with Crippen molar-refractivity contribution in [1.82, 2.24) is 4.98 Å². The molecule has 1 aliphatic carbocycles. The molecule has 0 saturated carbocycles. The van der Waals surface area contributed by atoms with E-state index in [4.69, 9.17) is 4.98 Å². The lowest BCUT2D eigenvalue weighted by atomic mass is 10.1.